The number of pyridine rings is 1. The van der Waals surface area contributed by atoms with E-state index in [0.29, 0.717) is 41.2 Å². The van der Waals surface area contributed by atoms with E-state index in [9.17, 15) is 14.7 Å². The Kier molecular flexibility index (Phi) is 4.17. The molecule has 2 aromatic rings. The summed E-state index contributed by atoms with van der Waals surface area (Å²) in [5.74, 6) is -0.764. The second kappa shape index (κ2) is 6.37. The van der Waals surface area contributed by atoms with Gasteiger partial charge in [-0.25, -0.2) is 9.78 Å². The van der Waals surface area contributed by atoms with Crippen LogP contribution in [0.5, 0.6) is 0 Å². The maximum Gasteiger partial charge on any atom is 0.326 e. The number of aliphatic carboxylic acids is 1. The molecule has 0 radical (unpaired) electrons. The molecule has 2 fully saturated rings. The number of carbonyl (C=O) groups excluding carboxylic acids is 1. The lowest BCUT2D eigenvalue weighted by Gasteiger charge is -2.33. The summed E-state index contributed by atoms with van der Waals surface area (Å²) in [5.41, 5.74) is 2.40. The Morgan fingerprint density at radius 1 is 1.27 bits per heavy atom. The van der Waals surface area contributed by atoms with Gasteiger partial charge in [-0.1, -0.05) is 19.0 Å². The molecule has 3 heterocycles. The zero-order chi connectivity index (χ0) is 18.4. The van der Waals surface area contributed by atoms with Crippen molar-refractivity contribution in [1.82, 2.24) is 15.0 Å². The fraction of sp³-hybridized carbons (Fsp3) is 0.579. The summed E-state index contributed by atoms with van der Waals surface area (Å²) >= 11 is 0. The molecule has 2 aromatic heterocycles. The standard InChI is InChI=1S/C19H23N3O4/c1-10(2)16-15-12(9-13(11-6-7-11)20-17(15)26-21-16)18(23)22-8-4-3-5-14(22)19(24)25/h9-11,14H,3-8H2,1-2H3,(H,24,25)/t14-/m1/s1. The van der Waals surface area contributed by atoms with Crippen LogP contribution in [0, 0.1) is 0 Å². The fourth-order valence-electron chi connectivity index (χ4n) is 3.73. The molecule has 2 aliphatic rings. The summed E-state index contributed by atoms with van der Waals surface area (Å²) in [6.45, 7) is 4.43. The van der Waals surface area contributed by atoms with Crippen molar-refractivity contribution in [2.75, 3.05) is 6.54 Å². The molecule has 26 heavy (non-hydrogen) atoms. The lowest BCUT2D eigenvalue weighted by molar-refractivity contribution is -0.143. The van der Waals surface area contributed by atoms with E-state index in [4.69, 9.17) is 4.52 Å². The first-order valence-electron chi connectivity index (χ1n) is 9.31. The van der Waals surface area contributed by atoms with Gasteiger partial charge in [-0.3, -0.25) is 4.79 Å². The van der Waals surface area contributed by atoms with E-state index in [1.807, 2.05) is 19.9 Å². The summed E-state index contributed by atoms with van der Waals surface area (Å²) in [5, 5.41) is 14.3. The highest BCUT2D eigenvalue weighted by Gasteiger charge is 2.36. The van der Waals surface area contributed by atoms with E-state index < -0.39 is 12.0 Å². The summed E-state index contributed by atoms with van der Waals surface area (Å²) in [6, 6.07) is 1.06. The molecule has 1 saturated carbocycles. The van der Waals surface area contributed by atoms with E-state index in [1.165, 1.54) is 4.90 Å². The number of hydrogen-bond acceptors (Lipinski definition) is 5. The molecular formula is C19H23N3O4. The first-order valence-corrected chi connectivity index (χ1v) is 9.31. The number of carbonyl (C=O) groups is 2. The molecule has 1 atom stereocenters. The Bertz CT molecular complexity index is 869. The highest BCUT2D eigenvalue weighted by Crippen LogP contribution is 2.41. The predicted molar refractivity (Wildman–Crippen MR) is 94.2 cm³/mol. The quantitative estimate of drug-likeness (QED) is 0.902. The third-order valence-corrected chi connectivity index (χ3v) is 5.31. The van der Waals surface area contributed by atoms with Crippen molar-refractivity contribution >= 4 is 23.0 Å². The number of piperidine rings is 1. The molecule has 1 aliphatic heterocycles. The first-order chi connectivity index (χ1) is 12.5. The smallest absolute Gasteiger partial charge is 0.326 e. The van der Waals surface area contributed by atoms with Crippen molar-refractivity contribution in [3.05, 3.63) is 23.0 Å². The number of nitrogens with zero attached hydrogens (tertiary/aromatic N) is 3. The first kappa shape index (κ1) is 17.0. The number of fused-ring (bicyclic) bond motifs is 1. The zero-order valence-corrected chi connectivity index (χ0v) is 15.1. The molecule has 1 aliphatic carbocycles. The largest absolute Gasteiger partial charge is 0.480 e. The van der Waals surface area contributed by atoms with Crippen molar-refractivity contribution in [3.8, 4) is 0 Å². The number of carboxylic acids is 1. The molecular weight excluding hydrogens is 334 g/mol. The Hall–Kier alpha value is -2.44. The minimum atomic E-state index is -0.944. The van der Waals surface area contributed by atoms with Crippen LogP contribution in [-0.2, 0) is 4.79 Å². The maximum absolute atomic E-state index is 13.4. The lowest BCUT2D eigenvalue weighted by Crippen LogP contribution is -2.48. The van der Waals surface area contributed by atoms with E-state index in [1.54, 1.807) is 0 Å². The Morgan fingerprint density at radius 2 is 2.04 bits per heavy atom. The van der Waals surface area contributed by atoms with E-state index in [-0.39, 0.29) is 11.8 Å². The topological polar surface area (TPSA) is 96.5 Å². The van der Waals surface area contributed by atoms with E-state index >= 15 is 0 Å². The van der Waals surface area contributed by atoms with Gasteiger partial charge in [0.15, 0.2) is 0 Å². The minimum Gasteiger partial charge on any atom is -0.480 e. The fourth-order valence-corrected chi connectivity index (χ4v) is 3.73. The van der Waals surface area contributed by atoms with Gasteiger partial charge in [0.1, 0.15) is 6.04 Å². The molecule has 7 heteroatoms. The molecule has 0 aromatic carbocycles. The number of aromatic nitrogens is 2. The number of likely N-dealkylation sites (tertiary alicyclic amines) is 1. The average Bonchev–Trinajstić information content (AvgIpc) is 3.39. The van der Waals surface area contributed by atoms with E-state index in [2.05, 4.69) is 10.1 Å². The predicted octanol–water partition coefficient (Wildman–Crippen LogP) is 3.30. The molecule has 7 nitrogen and oxygen atoms in total. The summed E-state index contributed by atoms with van der Waals surface area (Å²) in [4.78, 5) is 31.1. The van der Waals surface area contributed by atoms with Crippen LogP contribution in [0.2, 0.25) is 0 Å². The Labute approximate surface area is 151 Å². The molecule has 1 saturated heterocycles. The van der Waals surface area contributed by atoms with Crippen LogP contribution in [-0.4, -0.2) is 44.6 Å². The van der Waals surface area contributed by atoms with Crippen LogP contribution in [0.1, 0.15) is 79.5 Å². The lowest BCUT2D eigenvalue weighted by atomic mass is 9.97. The monoisotopic (exact) mass is 357 g/mol. The summed E-state index contributed by atoms with van der Waals surface area (Å²) in [7, 11) is 0. The van der Waals surface area contributed by atoms with Crippen molar-refractivity contribution in [2.24, 2.45) is 0 Å². The number of hydrogen-bond donors (Lipinski definition) is 1. The summed E-state index contributed by atoms with van der Waals surface area (Å²) < 4.78 is 5.43. The third kappa shape index (κ3) is 2.85. The van der Waals surface area contributed by atoms with Crippen LogP contribution in [0.15, 0.2) is 10.6 Å². The van der Waals surface area contributed by atoms with E-state index in [0.717, 1.165) is 31.4 Å². The highest BCUT2D eigenvalue weighted by atomic mass is 16.5. The van der Waals surface area contributed by atoms with Gasteiger partial charge in [0.25, 0.3) is 11.6 Å². The second-order valence-corrected chi connectivity index (χ2v) is 7.62. The van der Waals surface area contributed by atoms with Crippen molar-refractivity contribution in [3.63, 3.8) is 0 Å². The van der Waals surface area contributed by atoms with Crippen molar-refractivity contribution in [1.29, 1.82) is 0 Å². The van der Waals surface area contributed by atoms with Gasteiger partial charge in [0, 0.05) is 18.2 Å². The van der Waals surface area contributed by atoms with Gasteiger partial charge in [-0.05, 0) is 44.1 Å². The van der Waals surface area contributed by atoms with Gasteiger partial charge < -0.3 is 14.5 Å². The van der Waals surface area contributed by atoms with Gasteiger partial charge in [0.2, 0.25) is 0 Å². The summed E-state index contributed by atoms with van der Waals surface area (Å²) in [6.07, 6.45) is 4.24. The molecule has 0 unspecified atom stereocenters. The maximum atomic E-state index is 13.4. The SMILES string of the molecule is CC(C)c1noc2nc(C3CC3)cc(C(=O)N3CCCC[C@@H]3C(=O)O)c12. The average molecular weight is 357 g/mol. The second-order valence-electron chi connectivity index (χ2n) is 7.62. The van der Waals surface area contributed by atoms with Crippen LogP contribution in [0.25, 0.3) is 11.1 Å². The molecule has 0 bridgehead atoms. The van der Waals surface area contributed by atoms with Crippen molar-refractivity contribution < 1.29 is 19.2 Å². The van der Waals surface area contributed by atoms with Crippen LogP contribution in [0.3, 0.4) is 0 Å². The number of amides is 1. The van der Waals surface area contributed by atoms with Crippen LogP contribution < -0.4 is 0 Å². The minimum absolute atomic E-state index is 0.0769. The highest BCUT2D eigenvalue weighted by molar-refractivity contribution is 6.07. The molecule has 138 valence electrons. The Morgan fingerprint density at radius 3 is 2.69 bits per heavy atom. The number of carboxylic acid groups (broad SMARTS) is 1. The van der Waals surface area contributed by atoms with Gasteiger partial charge >= 0.3 is 5.97 Å². The van der Waals surface area contributed by atoms with Crippen LogP contribution in [0.4, 0.5) is 0 Å². The Balaban J connectivity index is 1.84. The molecule has 4 rings (SSSR count). The van der Waals surface area contributed by atoms with Crippen LogP contribution >= 0.6 is 0 Å². The molecule has 1 N–H and O–H groups in total. The zero-order valence-electron chi connectivity index (χ0n) is 15.1. The van der Waals surface area contributed by atoms with Crippen molar-refractivity contribution in [2.45, 2.75) is 63.8 Å². The van der Waals surface area contributed by atoms with Gasteiger partial charge in [-0.15, -0.1) is 0 Å². The normalized spacial score (nSPS) is 20.7. The molecule has 0 spiro atoms. The molecule has 1 amide bonds. The number of rotatable bonds is 4. The van der Waals surface area contributed by atoms with Gasteiger partial charge in [0.05, 0.1) is 16.6 Å². The third-order valence-electron chi connectivity index (χ3n) is 5.31. The van der Waals surface area contributed by atoms with Gasteiger partial charge in [-0.2, -0.15) is 0 Å².